The van der Waals surface area contributed by atoms with Gasteiger partial charge in [-0.15, -0.1) is 0 Å². The van der Waals surface area contributed by atoms with Crippen LogP contribution in [0.4, 0.5) is 0 Å². The number of esters is 1. The quantitative estimate of drug-likeness (QED) is 0.660. The average Bonchev–Trinajstić information content (AvgIpc) is 2.62. The van der Waals surface area contributed by atoms with Crippen molar-refractivity contribution >= 4 is 5.97 Å². The van der Waals surface area contributed by atoms with Crippen LogP contribution in [-0.2, 0) is 25.6 Å². The van der Waals surface area contributed by atoms with Gasteiger partial charge >= 0.3 is 5.97 Å². The molecule has 5 atom stereocenters. The van der Waals surface area contributed by atoms with Crippen LogP contribution in [0.2, 0.25) is 0 Å². The Morgan fingerprint density at radius 1 is 1.24 bits per heavy atom. The monoisotopic (exact) mass is 348 g/mol. The number of carbonyl (C=O) groups is 1. The first kappa shape index (κ1) is 19.9. The predicted molar refractivity (Wildman–Crippen MR) is 98.1 cm³/mol. The molecule has 2 rings (SSSR count). The van der Waals surface area contributed by atoms with Gasteiger partial charge in [0.25, 0.3) is 0 Å². The summed E-state index contributed by atoms with van der Waals surface area (Å²) in [6.45, 7) is 9.77. The van der Waals surface area contributed by atoms with Crippen molar-refractivity contribution < 1.29 is 19.0 Å². The summed E-state index contributed by atoms with van der Waals surface area (Å²) in [6.07, 6.45) is 2.15. The van der Waals surface area contributed by atoms with Crippen LogP contribution in [-0.4, -0.2) is 31.4 Å². The molecule has 0 spiro atoms. The molecule has 4 heteroatoms. The number of rotatable bonds is 8. The van der Waals surface area contributed by atoms with E-state index in [-0.39, 0.29) is 24.1 Å². The van der Waals surface area contributed by atoms with E-state index in [1.54, 1.807) is 0 Å². The lowest BCUT2D eigenvalue weighted by Crippen LogP contribution is -2.44. The summed E-state index contributed by atoms with van der Waals surface area (Å²) < 4.78 is 17.4. The summed E-state index contributed by atoms with van der Waals surface area (Å²) >= 11 is 0. The largest absolute Gasteiger partial charge is 0.466 e. The summed E-state index contributed by atoms with van der Waals surface area (Å²) in [6, 6.07) is 10.2. The van der Waals surface area contributed by atoms with E-state index in [1.165, 1.54) is 5.56 Å². The van der Waals surface area contributed by atoms with E-state index in [2.05, 4.69) is 26.0 Å². The maximum Gasteiger partial charge on any atom is 0.311 e. The Labute approximate surface area is 151 Å². The van der Waals surface area contributed by atoms with Gasteiger partial charge in [-0.3, -0.25) is 4.79 Å². The van der Waals surface area contributed by atoms with E-state index in [0.717, 1.165) is 12.8 Å². The van der Waals surface area contributed by atoms with E-state index < -0.39 is 0 Å². The number of hydrogen-bond donors (Lipinski definition) is 0. The van der Waals surface area contributed by atoms with Gasteiger partial charge in [-0.2, -0.15) is 0 Å². The molecular weight excluding hydrogens is 316 g/mol. The van der Waals surface area contributed by atoms with E-state index in [1.807, 2.05) is 32.0 Å². The molecule has 4 nitrogen and oxygen atoms in total. The molecule has 1 aromatic carbocycles. The van der Waals surface area contributed by atoms with Gasteiger partial charge in [0.05, 0.1) is 37.9 Å². The smallest absolute Gasteiger partial charge is 0.311 e. The van der Waals surface area contributed by atoms with Crippen molar-refractivity contribution in [1.82, 2.24) is 0 Å². The Bertz CT molecular complexity index is 516. The van der Waals surface area contributed by atoms with Crippen LogP contribution in [0.3, 0.4) is 0 Å². The fraction of sp³-hybridized carbons (Fsp3) is 0.667. The van der Waals surface area contributed by atoms with Crippen LogP contribution in [0.25, 0.3) is 0 Å². The van der Waals surface area contributed by atoms with Gasteiger partial charge < -0.3 is 14.2 Å². The predicted octanol–water partition coefficient (Wildman–Crippen LogP) is 4.22. The van der Waals surface area contributed by atoms with Crippen LogP contribution < -0.4 is 0 Å². The Kier molecular flexibility index (Phi) is 7.91. The second-order valence-electron chi connectivity index (χ2n) is 7.21. The minimum absolute atomic E-state index is 0.0747. The minimum atomic E-state index is -0.227. The van der Waals surface area contributed by atoms with Gasteiger partial charge in [0.2, 0.25) is 0 Å². The average molecular weight is 348 g/mol. The lowest BCUT2D eigenvalue weighted by atomic mass is 9.84. The van der Waals surface area contributed by atoms with Crippen molar-refractivity contribution in [3.05, 3.63) is 35.9 Å². The van der Waals surface area contributed by atoms with E-state index >= 15 is 0 Å². The molecule has 2 unspecified atom stereocenters. The standard InChI is InChI=1S/C21H32O4/c1-5-24-21(22)17(4)20-15(2)11-12-19(25-20)16(3)13-23-14-18-9-7-6-8-10-18/h6-10,15-17,19-20H,5,11-14H2,1-4H3/t15-,16-,17?,19?,20-/m1/s1. The van der Waals surface area contributed by atoms with E-state index in [4.69, 9.17) is 14.2 Å². The highest BCUT2D eigenvalue weighted by molar-refractivity contribution is 5.72. The number of hydrogen-bond acceptors (Lipinski definition) is 4. The highest BCUT2D eigenvalue weighted by Gasteiger charge is 2.37. The van der Waals surface area contributed by atoms with Gasteiger partial charge in [0.15, 0.2) is 0 Å². The molecule has 0 aromatic heterocycles. The molecule has 0 radical (unpaired) electrons. The van der Waals surface area contributed by atoms with Crippen molar-refractivity contribution in [3.8, 4) is 0 Å². The van der Waals surface area contributed by atoms with Crippen molar-refractivity contribution in [2.45, 2.75) is 59.4 Å². The first-order chi connectivity index (χ1) is 12.0. The first-order valence-corrected chi connectivity index (χ1v) is 9.46. The lowest BCUT2D eigenvalue weighted by Gasteiger charge is -2.39. The van der Waals surface area contributed by atoms with Crippen LogP contribution in [0.15, 0.2) is 30.3 Å². The first-order valence-electron chi connectivity index (χ1n) is 9.46. The Morgan fingerprint density at radius 2 is 1.96 bits per heavy atom. The summed E-state index contributed by atoms with van der Waals surface area (Å²) in [5.74, 6) is 0.282. The zero-order valence-electron chi connectivity index (χ0n) is 15.9. The topological polar surface area (TPSA) is 44.8 Å². The normalized spacial score (nSPS) is 26.0. The SMILES string of the molecule is CCOC(=O)C(C)[C@@H]1OC([C@H](C)COCc2ccccc2)CC[C@H]1C. The maximum atomic E-state index is 12.1. The maximum absolute atomic E-state index is 12.1. The third-order valence-electron chi connectivity index (χ3n) is 5.08. The lowest BCUT2D eigenvalue weighted by molar-refractivity contribution is -0.167. The molecule has 0 amide bonds. The van der Waals surface area contributed by atoms with Crippen LogP contribution in [0, 0.1) is 17.8 Å². The molecule has 140 valence electrons. The third kappa shape index (κ3) is 5.82. The summed E-state index contributed by atoms with van der Waals surface area (Å²) in [5.41, 5.74) is 1.18. The third-order valence-corrected chi connectivity index (χ3v) is 5.08. The number of benzene rings is 1. The molecule has 1 fully saturated rings. The van der Waals surface area contributed by atoms with Gasteiger partial charge in [0.1, 0.15) is 0 Å². The van der Waals surface area contributed by atoms with Crippen LogP contribution in [0.1, 0.15) is 46.1 Å². The summed E-state index contributed by atoms with van der Waals surface area (Å²) in [5, 5.41) is 0. The van der Waals surface area contributed by atoms with Gasteiger partial charge in [-0.25, -0.2) is 0 Å². The molecule has 1 aliphatic rings. The molecule has 0 N–H and O–H groups in total. The Hall–Kier alpha value is -1.39. The van der Waals surface area contributed by atoms with Gasteiger partial charge in [-0.05, 0) is 38.2 Å². The van der Waals surface area contributed by atoms with E-state index in [0.29, 0.717) is 31.7 Å². The molecule has 0 bridgehead atoms. The summed E-state index contributed by atoms with van der Waals surface area (Å²) in [4.78, 5) is 12.1. The Balaban J connectivity index is 1.83. The highest BCUT2D eigenvalue weighted by Crippen LogP contribution is 2.33. The minimum Gasteiger partial charge on any atom is -0.466 e. The van der Waals surface area contributed by atoms with Gasteiger partial charge in [0, 0.05) is 5.92 Å². The van der Waals surface area contributed by atoms with Crippen LogP contribution >= 0.6 is 0 Å². The molecule has 1 aromatic rings. The zero-order valence-corrected chi connectivity index (χ0v) is 15.9. The molecule has 25 heavy (non-hydrogen) atoms. The molecular formula is C21H32O4. The van der Waals surface area contributed by atoms with Crippen LogP contribution in [0.5, 0.6) is 0 Å². The second kappa shape index (κ2) is 9.93. The highest BCUT2D eigenvalue weighted by atomic mass is 16.5. The Morgan fingerprint density at radius 3 is 2.64 bits per heavy atom. The molecule has 1 aliphatic heterocycles. The summed E-state index contributed by atoms with van der Waals surface area (Å²) in [7, 11) is 0. The van der Waals surface area contributed by atoms with Gasteiger partial charge in [-0.1, -0.05) is 44.2 Å². The van der Waals surface area contributed by atoms with Crippen molar-refractivity contribution in [2.24, 2.45) is 17.8 Å². The second-order valence-corrected chi connectivity index (χ2v) is 7.21. The molecule has 0 aliphatic carbocycles. The number of carbonyl (C=O) groups excluding carboxylic acids is 1. The molecule has 0 saturated carbocycles. The van der Waals surface area contributed by atoms with E-state index in [9.17, 15) is 4.79 Å². The van der Waals surface area contributed by atoms with Crippen molar-refractivity contribution in [1.29, 1.82) is 0 Å². The van der Waals surface area contributed by atoms with Crippen molar-refractivity contribution in [2.75, 3.05) is 13.2 Å². The fourth-order valence-corrected chi connectivity index (χ4v) is 3.48. The zero-order chi connectivity index (χ0) is 18.2. The molecule has 1 heterocycles. The fourth-order valence-electron chi connectivity index (χ4n) is 3.48. The number of ether oxygens (including phenoxy) is 3. The van der Waals surface area contributed by atoms with Crippen molar-refractivity contribution in [3.63, 3.8) is 0 Å². The molecule has 1 saturated heterocycles.